The van der Waals surface area contributed by atoms with Crippen molar-refractivity contribution in [2.75, 3.05) is 11.4 Å². The van der Waals surface area contributed by atoms with Gasteiger partial charge >= 0.3 is 0 Å². The molecule has 0 amide bonds. The normalized spacial score (nSPS) is 11.0. The minimum absolute atomic E-state index is 0.547. The number of hydrogen-bond acceptors (Lipinski definition) is 2. The molecular formula is C22H20Cl2N2. The van der Waals surface area contributed by atoms with Gasteiger partial charge in [0.2, 0.25) is 0 Å². The molecular weight excluding hydrogens is 363 g/mol. The van der Waals surface area contributed by atoms with E-state index in [1.54, 1.807) is 12.1 Å². The Balaban J connectivity index is 1.71. The predicted octanol–water partition coefficient (Wildman–Crippen LogP) is 6.77. The lowest BCUT2D eigenvalue weighted by Gasteiger charge is -2.23. The fourth-order valence-electron chi connectivity index (χ4n) is 2.69. The summed E-state index contributed by atoms with van der Waals surface area (Å²) in [6.07, 6.45) is 1.81. The number of halogens is 2. The first-order valence-electron chi connectivity index (χ1n) is 8.54. The largest absolute Gasteiger partial charge is 0.367 e. The van der Waals surface area contributed by atoms with E-state index in [1.165, 1.54) is 11.3 Å². The molecule has 4 heteroatoms. The van der Waals surface area contributed by atoms with Crippen LogP contribution in [-0.2, 0) is 6.54 Å². The lowest BCUT2D eigenvalue weighted by molar-refractivity contribution is 0.832. The molecule has 0 radical (unpaired) electrons. The molecule has 0 saturated heterocycles. The molecule has 0 aromatic heterocycles. The number of nitrogens with zero attached hydrogens (tertiary/aromatic N) is 2. The Morgan fingerprint density at radius 2 is 1.65 bits per heavy atom. The van der Waals surface area contributed by atoms with Crippen LogP contribution in [0.3, 0.4) is 0 Å². The van der Waals surface area contributed by atoms with Crippen molar-refractivity contribution in [3.8, 4) is 0 Å². The maximum Gasteiger partial charge on any atom is 0.0817 e. The summed E-state index contributed by atoms with van der Waals surface area (Å²) in [5.74, 6) is 0. The van der Waals surface area contributed by atoms with Gasteiger partial charge in [-0.25, -0.2) is 0 Å². The van der Waals surface area contributed by atoms with Gasteiger partial charge in [0.05, 0.1) is 10.7 Å². The molecule has 0 N–H and O–H groups in total. The maximum atomic E-state index is 6.15. The lowest BCUT2D eigenvalue weighted by atomic mass is 10.1. The summed E-state index contributed by atoms with van der Waals surface area (Å²) in [7, 11) is 0. The van der Waals surface area contributed by atoms with Crippen molar-refractivity contribution < 1.29 is 0 Å². The molecule has 2 nitrogen and oxygen atoms in total. The summed E-state index contributed by atoms with van der Waals surface area (Å²) in [6.45, 7) is 4.01. The van der Waals surface area contributed by atoms with E-state index in [0.29, 0.717) is 15.7 Å². The van der Waals surface area contributed by atoms with E-state index in [9.17, 15) is 0 Å². The Morgan fingerprint density at radius 3 is 2.31 bits per heavy atom. The highest BCUT2D eigenvalue weighted by Gasteiger charge is 2.05. The van der Waals surface area contributed by atoms with E-state index in [2.05, 4.69) is 65.3 Å². The maximum absolute atomic E-state index is 6.15. The number of hydrogen-bond donors (Lipinski definition) is 0. The van der Waals surface area contributed by atoms with Gasteiger partial charge in [-0.1, -0.05) is 65.7 Å². The Kier molecular flexibility index (Phi) is 6.32. The van der Waals surface area contributed by atoms with Crippen molar-refractivity contribution in [2.45, 2.75) is 13.5 Å². The number of rotatable bonds is 6. The van der Waals surface area contributed by atoms with E-state index < -0.39 is 0 Å². The van der Waals surface area contributed by atoms with Gasteiger partial charge in [0.15, 0.2) is 0 Å². The molecule has 0 aliphatic heterocycles. The molecule has 3 aromatic rings. The van der Waals surface area contributed by atoms with Crippen LogP contribution < -0.4 is 4.90 Å². The standard InChI is InChI=1S/C22H20Cl2N2/c1-2-26(16-18-6-4-3-5-7-18)20-11-8-17(9-12-20)15-25-22-13-10-19(23)14-21(22)24/h3-15H,2,16H2,1H3. The third kappa shape index (κ3) is 4.87. The quantitative estimate of drug-likeness (QED) is 0.429. The van der Waals surface area contributed by atoms with E-state index >= 15 is 0 Å². The summed E-state index contributed by atoms with van der Waals surface area (Å²) < 4.78 is 0. The monoisotopic (exact) mass is 382 g/mol. The van der Waals surface area contributed by atoms with Crippen molar-refractivity contribution >= 4 is 40.8 Å². The molecule has 132 valence electrons. The molecule has 0 spiro atoms. The van der Waals surface area contributed by atoms with Gasteiger partial charge in [0.1, 0.15) is 0 Å². The number of anilines is 1. The van der Waals surface area contributed by atoms with Crippen molar-refractivity contribution in [1.82, 2.24) is 0 Å². The third-order valence-electron chi connectivity index (χ3n) is 4.12. The highest BCUT2D eigenvalue weighted by atomic mass is 35.5. The Morgan fingerprint density at radius 1 is 0.923 bits per heavy atom. The molecule has 3 aromatic carbocycles. The molecule has 0 saturated carbocycles. The summed E-state index contributed by atoms with van der Waals surface area (Å²) in [6, 6.07) is 24.2. The Bertz CT molecular complexity index is 874. The average Bonchev–Trinajstić information content (AvgIpc) is 2.67. The molecule has 0 heterocycles. The molecule has 26 heavy (non-hydrogen) atoms. The molecule has 0 aliphatic rings. The van der Waals surface area contributed by atoms with Gasteiger partial charge < -0.3 is 4.90 Å². The first-order valence-corrected chi connectivity index (χ1v) is 9.29. The summed E-state index contributed by atoms with van der Waals surface area (Å²) in [4.78, 5) is 6.79. The molecule has 0 fully saturated rings. The first-order chi connectivity index (χ1) is 12.7. The van der Waals surface area contributed by atoms with Crippen LogP contribution in [-0.4, -0.2) is 12.8 Å². The van der Waals surface area contributed by atoms with E-state index in [-0.39, 0.29) is 0 Å². The zero-order valence-electron chi connectivity index (χ0n) is 14.6. The Labute approximate surface area is 164 Å². The summed E-state index contributed by atoms with van der Waals surface area (Å²) in [5.41, 5.74) is 4.23. The highest BCUT2D eigenvalue weighted by Crippen LogP contribution is 2.27. The topological polar surface area (TPSA) is 15.6 Å². The number of aliphatic imine (C=N–C) groups is 1. The minimum atomic E-state index is 0.547. The second kappa shape index (κ2) is 8.88. The van der Waals surface area contributed by atoms with Crippen molar-refractivity contribution in [2.24, 2.45) is 4.99 Å². The van der Waals surface area contributed by atoms with Crippen molar-refractivity contribution in [3.05, 3.63) is 94.0 Å². The Hall–Kier alpha value is -2.29. The van der Waals surface area contributed by atoms with Gasteiger partial charge in [0.25, 0.3) is 0 Å². The van der Waals surface area contributed by atoms with E-state index in [0.717, 1.165) is 18.7 Å². The summed E-state index contributed by atoms with van der Waals surface area (Å²) in [5, 5.41) is 1.15. The van der Waals surface area contributed by atoms with Gasteiger partial charge in [-0.2, -0.15) is 0 Å². The van der Waals surface area contributed by atoms with Crippen LogP contribution in [0, 0.1) is 0 Å². The van der Waals surface area contributed by atoms with Gasteiger partial charge in [-0.15, -0.1) is 0 Å². The minimum Gasteiger partial charge on any atom is -0.367 e. The van der Waals surface area contributed by atoms with Crippen LogP contribution in [0.4, 0.5) is 11.4 Å². The van der Waals surface area contributed by atoms with Gasteiger partial charge in [-0.05, 0) is 48.4 Å². The first kappa shape index (κ1) is 18.5. The second-order valence-corrected chi connectivity index (χ2v) is 6.79. The average molecular weight is 383 g/mol. The van der Waals surface area contributed by atoms with Crippen LogP contribution in [0.15, 0.2) is 77.8 Å². The molecule has 0 atom stereocenters. The van der Waals surface area contributed by atoms with E-state index in [4.69, 9.17) is 23.2 Å². The third-order valence-corrected chi connectivity index (χ3v) is 4.66. The smallest absolute Gasteiger partial charge is 0.0817 e. The lowest BCUT2D eigenvalue weighted by Crippen LogP contribution is -2.21. The fourth-order valence-corrected chi connectivity index (χ4v) is 3.15. The van der Waals surface area contributed by atoms with Crippen LogP contribution in [0.2, 0.25) is 10.0 Å². The molecule has 3 rings (SSSR count). The molecule has 0 bridgehead atoms. The predicted molar refractivity (Wildman–Crippen MR) is 113 cm³/mol. The van der Waals surface area contributed by atoms with Crippen LogP contribution in [0.5, 0.6) is 0 Å². The van der Waals surface area contributed by atoms with Gasteiger partial charge in [-0.3, -0.25) is 4.99 Å². The van der Waals surface area contributed by atoms with Crippen LogP contribution >= 0.6 is 23.2 Å². The SMILES string of the molecule is CCN(Cc1ccccc1)c1ccc(C=Nc2ccc(Cl)cc2Cl)cc1. The highest BCUT2D eigenvalue weighted by molar-refractivity contribution is 6.36. The fraction of sp³-hybridized carbons (Fsp3) is 0.136. The molecule has 0 aliphatic carbocycles. The van der Waals surface area contributed by atoms with Gasteiger partial charge in [0, 0.05) is 30.0 Å². The zero-order chi connectivity index (χ0) is 18.4. The van der Waals surface area contributed by atoms with Crippen molar-refractivity contribution in [3.63, 3.8) is 0 Å². The van der Waals surface area contributed by atoms with Crippen molar-refractivity contribution in [1.29, 1.82) is 0 Å². The number of benzene rings is 3. The summed E-state index contributed by atoms with van der Waals surface area (Å²) >= 11 is 12.1. The zero-order valence-corrected chi connectivity index (χ0v) is 16.1. The van der Waals surface area contributed by atoms with E-state index in [1.807, 2.05) is 18.3 Å². The van der Waals surface area contributed by atoms with Crippen LogP contribution in [0.25, 0.3) is 0 Å². The van der Waals surface area contributed by atoms with Crippen LogP contribution in [0.1, 0.15) is 18.1 Å². The second-order valence-electron chi connectivity index (χ2n) is 5.95. The molecule has 0 unspecified atom stereocenters.